The molecule has 6 heteroatoms. The minimum atomic E-state index is -0.151. The number of nitrogens with one attached hydrogen (secondary N) is 1. The van der Waals surface area contributed by atoms with Crippen molar-refractivity contribution in [3.8, 4) is 0 Å². The Hall–Kier alpha value is -1.66. The molecule has 0 saturated heterocycles. The molecule has 0 radical (unpaired) electrons. The first-order chi connectivity index (χ1) is 8.48. The minimum absolute atomic E-state index is 0.00691. The van der Waals surface area contributed by atoms with Gasteiger partial charge in [-0.05, 0) is 17.7 Å². The van der Waals surface area contributed by atoms with Crippen LogP contribution in [0.25, 0.3) is 0 Å². The quantitative estimate of drug-likeness (QED) is 0.252. The van der Waals surface area contributed by atoms with E-state index in [0.717, 1.165) is 5.56 Å². The van der Waals surface area contributed by atoms with Crippen LogP contribution in [0, 0.1) is 5.41 Å². The first-order valence-corrected chi connectivity index (χ1v) is 5.73. The molecule has 1 aromatic heterocycles. The highest BCUT2D eigenvalue weighted by Crippen LogP contribution is 2.11. The van der Waals surface area contributed by atoms with Crippen LogP contribution in [0.1, 0.15) is 25.1 Å². The lowest BCUT2D eigenvalue weighted by molar-refractivity contribution is 0.156. The van der Waals surface area contributed by atoms with Gasteiger partial charge in [-0.2, -0.15) is 0 Å². The van der Waals surface area contributed by atoms with Crippen LogP contribution in [0.3, 0.4) is 0 Å². The molecule has 0 aliphatic rings. The van der Waals surface area contributed by atoms with Gasteiger partial charge in [-0.1, -0.05) is 19.0 Å². The average Bonchev–Trinajstić information content (AvgIpc) is 2.38. The molecule has 0 aliphatic carbocycles. The molecule has 1 rings (SSSR count). The van der Waals surface area contributed by atoms with Crippen molar-refractivity contribution in [2.24, 2.45) is 16.3 Å². The second-order valence-electron chi connectivity index (χ2n) is 4.96. The van der Waals surface area contributed by atoms with Crippen LogP contribution in [-0.2, 0) is 6.54 Å². The summed E-state index contributed by atoms with van der Waals surface area (Å²) in [5.74, 6) is -0.00691. The molecule has 0 amide bonds. The molecule has 0 saturated carbocycles. The molecule has 1 heterocycles. The SMILES string of the molecule is CC(C)(CO)CNCc1ccnc(/C(N)=N/O)c1. The molecular formula is C12H20N4O2. The van der Waals surface area contributed by atoms with E-state index in [4.69, 9.17) is 16.0 Å². The molecule has 0 spiro atoms. The molecule has 0 unspecified atom stereocenters. The second kappa shape index (κ2) is 6.32. The van der Waals surface area contributed by atoms with E-state index >= 15 is 0 Å². The molecule has 18 heavy (non-hydrogen) atoms. The summed E-state index contributed by atoms with van der Waals surface area (Å²) in [6, 6.07) is 3.61. The third-order valence-corrected chi connectivity index (χ3v) is 2.56. The number of aliphatic hydroxyl groups is 1. The number of oxime groups is 1. The zero-order valence-electron chi connectivity index (χ0n) is 10.7. The monoisotopic (exact) mass is 252 g/mol. The van der Waals surface area contributed by atoms with E-state index in [9.17, 15) is 0 Å². The van der Waals surface area contributed by atoms with Gasteiger partial charge in [0.2, 0.25) is 0 Å². The van der Waals surface area contributed by atoms with Gasteiger partial charge in [-0.15, -0.1) is 0 Å². The highest BCUT2D eigenvalue weighted by atomic mass is 16.4. The molecular weight excluding hydrogens is 232 g/mol. The first-order valence-electron chi connectivity index (χ1n) is 5.73. The lowest BCUT2D eigenvalue weighted by Gasteiger charge is -2.21. The molecule has 1 aromatic rings. The number of aromatic nitrogens is 1. The maximum absolute atomic E-state index is 9.13. The smallest absolute Gasteiger partial charge is 0.188 e. The van der Waals surface area contributed by atoms with Gasteiger partial charge in [0, 0.05) is 31.3 Å². The van der Waals surface area contributed by atoms with Gasteiger partial charge in [-0.25, -0.2) is 0 Å². The summed E-state index contributed by atoms with van der Waals surface area (Å²) in [5.41, 5.74) is 6.74. The normalized spacial score (nSPS) is 12.7. The number of hydrogen-bond donors (Lipinski definition) is 4. The van der Waals surface area contributed by atoms with E-state index in [0.29, 0.717) is 18.8 Å². The number of nitrogens with zero attached hydrogens (tertiary/aromatic N) is 2. The number of rotatable bonds is 6. The average molecular weight is 252 g/mol. The van der Waals surface area contributed by atoms with Crippen molar-refractivity contribution >= 4 is 5.84 Å². The van der Waals surface area contributed by atoms with E-state index in [1.807, 2.05) is 19.9 Å². The van der Waals surface area contributed by atoms with E-state index in [2.05, 4.69) is 15.5 Å². The summed E-state index contributed by atoms with van der Waals surface area (Å²) < 4.78 is 0. The van der Waals surface area contributed by atoms with Gasteiger partial charge in [0.15, 0.2) is 5.84 Å². The van der Waals surface area contributed by atoms with Crippen LogP contribution in [0.15, 0.2) is 23.5 Å². The van der Waals surface area contributed by atoms with Crippen LogP contribution in [0.4, 0.5) is 0 Å². The van der Waals surface area contributed by atoms with Crippen molar-refractivity contribution < 1.29 is 10.3 Å². The predicted molar refractivity (Wildman–Crippen MR) is 69.3 cm³/mol. The highest BCUT2D eigenvalue weighted by molar-refractivity contribution is 5.95. The largest absolute Gasteiger partial charge is 0.409 e. The van der Waals surface area contributed by atoms with Crippen molar-refractivity contribution in [2.45, 2.75) is 20.4 Å². The summed E-state index contributed by atoms with van der Waals surface area (Å²) in [7, 11) is 0. The van der Waals surface area contributed by atoms with Gasteiger partial charge >= 0.3 is 0 Å². The number of aliphatic hydroxyl groups excluding tert-OH is 1. The Balaban J connectivity index is 2.58. The molecule has 0 aromatic carbocycles. The van der Waals surface area contributed by atoms with Gasteiger partial charge in [0.05, 0.1) is 0 Å². The Kier molecular flexibility index (Phi) is 5.06. The Morgan fingerprint density at radius 2 is 2.28 bits per heavy atom. The fourth-order valence-corrected chi connectivity index (χ4v) is 1.38. The summed E-state index contributed by atoms with van der Waals surface area (Å²) in [6.45, 7) is 5.43. The van der Waals surface area contributed by atoms with Crippen LogP contribution >= 0.6 is 0 Å². The molecule has 100 valence electrons. The van der Waals surface area contributed by atoms with Crippen molar-refractivity contribution in [2.75, 3.05) is 13.2 Å². The van der Waals surface area contributed by atoms with Crippen molar-refractivity contribution in [1.82, 2.24) is 10.3 Å². The van der Waals surface area contributed by atoms with E-state index in [1.165, 1.54) is 0 Å². The lowest BCUT2D eigenvalue weighted by atomic mass is 9.95. The maximum Gasteiger partial charge on any atom is 0.188 e. The standard InChI is InChI=1S/C12H20N4O2/c1-12(2,8-17)7-14-6-9-3-4-15-10(5-9)11(13)16-18/h3-5,14,17-18H,6-8H2,1-2H3,(H2,13,16). The second-order valence-corrected chi connectivity index (χ2v) is 4.96. The van der Waals surface area contributed by atoms with Gasteiger partial charge in [-0.3, -0.25) is 4.98 Å². The molecule has 0 fully saturated rings. The zero-order chi connectivity index (χ0) is 13.6. The molecule has 6 nitrogen and oxygen atoms in total. The Morgan fingerprint density at radius 1 is 1.56 bits per heavy atom. The predicted octanol–water partition coefficient (Wildman–Crippen LogP) is 0.284. The number of pyridine rings is 1. The van der Waals surface area contributed by atoms with Crippen LogP contribution in [0.5, 0.6) is 0 Å². The number of amidine groups is 1. The highest BCUT2D eigenvalue weighted by Gasteiger charge is 2.15. The molecule has 0 aliphatic heterocycles. The molecule has 0 bridgehead atoms. The number of hydrogen-bond acceptors (Lipinski definition) is 5. The van der Waals surface area contributed by atoms with E-state index in [-0.39, 0.29) is 17.9 Å². The van der Waals surface area contributed by atoms with Crippen molar-refractivity contribution in [1.29, 1.82) is 0 Å². The Labute approximate surface area is 107 Å². The minimum Gasteiger partial charge on any atom is -0.409 e. The maximum atomic E-state index is 9.13. The Morgan fingerprint density at radius 3 is 2.89 bits per heavy atom. The van der Waals surface area contributed by atoms with Crippen LogP contribution < -0.4 is 11.1 Å². The topological polar surface area (TPSA) is 104 Å². The third kappa shape index (κ3) is 4.31. The Bertz CT molecular complexity index is 418. The first kappa shape index (κ1) is 14.4. The van der Waals surface area contributed by atoms with Gasteiger partial charge in [0.1, 0.15) is 5.69 Å². The zero-order valence-corrected chi connectivity index (χ0v) is 10.7. The van der Waals surface area contributed by atoms with Gasteiger partial charge < -0.3 is 21.4 Å². The lowest BCUT2D eigenvalue weighted by Crippen LogP contribution is -2.32. The molecule has 0 atom stereocenters. The summed E-state index contributed by atoms with van der Waals surface area (Å²) >= 11 is 0. The summed E-state index contributed by atoms with van der Waals surface area (Å²) in [6.07, 6.45) is 1.61. The van der Waals surface area contributed by atoms with Crippen LogP contribution in [-0.4, -0.2) is 34.3 Å². The summed E-state index contributed by atoms with van der Waals surface area (Å²) in [5, 5.41) is 23.9. The van der Waals surface area contributed by atoms with Crippen molar-refractivity contribution in [3.63, 3.8) is 0 Å². The fraction of sp³-hybridized carbons (Fsp3) is 0.500. The van der Waals surface area contributed by atoms with Crippen LogP contribution in [0.2, 0.25) is 0 Å². The van der Waals surface area contributed by atoms with E-state index in [1.54, 1.807) is 12.3 Å². The van der Waals surface area contributed by atoms with E-state index < -0.39 is 0 Å². The van der Waals surface area contributed by atoms with Crippen molar-refractivity contribution in [3.05, 3.63) is 29.6 Å². The fourth-order valence-electron chi connectivity index (χ4n) is 1.38. The number of nitrogens with two attached hydrogens (primary N) is 1. The summed E-state index contributed by atoms with van der Waals surface area (Å²) in [4.78, 5) is 4.00. The molecule has 5 N–H and O–H groups in total. The third-order valence-electron chi connectivity index (χ3n) is 2.56. The van der Waals surface area contributed by atoms with Gasteiger partial charge in [0.25, 0.3) is 0 Å².